The van der Waals surface area contributed by atoms with Gasteiger partial charge in [-0.2, -0.15) is 0 Å². The number of benzene rings is 1. The summed E-state index contributed by atoms with van der Waals surface area (Å²) in [5.74, 6) is 0. The molecule has 104 valence electrons. The molecular weight excluding hydrogens is 238 g/mol. The molecule has 0 saturated carbocycles. The molecule has 1 aliphatic heterocycles. The Balaban J connectivity index is 2.18. The molecule has 2 rings (SSSR count). The number of carbonyl (C=O) groups is 1. The molecule has 19 heavy (non-hydrogen) atoms. The first-order chi connectivity index (χ1) is 9.04. The summed E-state index contributed by atoms with van der Waals surface area (Å²) in [6, 6.07) is 8.84. The minimum Gasteiger partial charge on any atom is -0.330 e. The van der Waals surface area contributed by atoms with E-state index < -0.39 is 0 Å². The van der Waals surface area contributed by atoms with E-state index in [1.165, 1.54) is 11.1 Å². The number of carbonyl (C=O) groups excluding carboxylic acids is 1. The van der Waals surface area contributed by atoms with Gasteiger partial charge in [-0.1, -0.05) is 29.8 Å². The van der Waals surface area contributed by atoms with Crippen molar-refractivity contribution in [1.29, 1.82) is 0 Å². The molecule has 1 heterocycles. The van der Waals surface area contributed by atoms with Crippen molar-refractivity contribution in [2.75, 3.05) is 20.1 Å². The number of likely N-dealkylation sites (N-methyl/N-ethyl adjacent to an activating group) is 1. The SMILES string of the molecule is Cc1cccc(C2CN(C(C)CCN)C(=O)N2C)c1. The summed E-state index contributed by atoms with van der Waals surface area (Å²) in [7, 11) is 1.88. The number of hydrogen-bond donors (Lipinski definition) is 1. The Hall–Kier alpha value is -1.55. The summed E-state index contributed by atoms with van der Waals surface area (Å²) in [5.41, 5.74) is 8.03. The van der Waals surface area contributed by atoms with Gasteiger partial charge in [0.2, 0.25) is 0 Å². The van der Waals surface area contributed by atoms with Crippen molar-refractivity contribution in [3.8, 4) is 0 Å². The third-order valence-corrected chi connectivity index (χ3v) is 3.93. The first-order valence-corrected chi connectivity index (χ1v) is 6.84. The van der Waals surface area contributed by atoms with E-state index in [-0.39, 0.29) is 18.1 Å². The Morgan fingerprint density at radius 1 is 1.47 bits per heavy atom. The standard InChI is InChI=1S/C15H23N3O/c1-11-5-4-6-13(9-11)14-10-18(12(2)7-8-16)15(19)17(14)3/h4-6,9,12,14H,7-8,10,16H2,1-3H3. The van der Waals surface area contributed by atoms with Gasteiger partial charge in [-0.15, -0.1) is 0 Å². The fourth-order valence-corrected chi connectivity index (χ4v) is 2.69. The highest BCUT2D eigenvalue weighted by Crippen LogP contribution is 2.30. The van der Waals surface area contributed by atoms with Gasteiger partial charge in [0, 0.05) is 19.6 Å². The smallest absolute Gasteiger partial charge is 0.320 e. The Bertz CT molecular complexity index is 460. The topological polar surface area (TPSA) is 49.6 Å². The molecule has 4 nitrogen and oxygen atoms in total. The highest BCUT2D eigenvalue weighted by atomic mass is 16.2. The Morgan fingerprint density at radius 3 is 2.84 bits per heavy atom. The molecule has 0 aromatic heterocycles. The Morgan fingerprint density at radius 2 is 2.21 bits per heavy atom. The number of hydrogen-bond acceptors (Lipinski definition) is 2. The molecule has 4 heteroatoms. The predicted molar refractivity (Wildman–Crippen MR) is 76.9 cm³/mol. The molecule has 0 radical (unpaired) electrons. The number of urea groups is 1. The summed E-state index contributed by atoms with van der Waals surface area (Å²) in [6.07, 6.45) is 0.847. The van der Waals surface area contributed by atoms with Crippen molar-refractivity contribution in [2.24, 2.45) is 5.73 Å². The lowest BCUT2D eigenvalue weighted by Gasteiger charge is -2.23. The molecule has 2 unspecified atom stereocenters. The first-order valence-electron chi connectivity index (χ1n) is 6.84. The van der Waals surface area contributed by atoms with Crippen LogP contribution in [0.3, 0.4) is 0 Å². The molecule has 2 N–H and O–H groups in total. The number of amides is 2. The molecule has 1 fully saturated rings. The maximum atomic E-state index is 12.3. The molecule has 1 aromatic carbocycles. The van der Waals surface area contributed by atoms with Gasteiger partial charge < -0.3 is 15.5 Å². The van der Waals surface area contributed by atoms with E-state index >= 15 is 0 Å². The average Bonchev–Trinajstić information content (AvgIpc) is 2.67. The van der Waals surface area contributed by atoms with Gasteiger partial charge in [-0.05, 0) is 32.4 Å². The van der Waals surface area contributed by atoms with Crippen LogP contribution in [0.2, 0.25) is 0 Å². The number of nitrogens with zero attached hydrogens (tertiary/aromatic N) is 2. The quantitative estimate of drug-likeness (QED) is 0.902. The molecule has 0 aliphatic carbocycles. The highest BCUT2D eigenvalue weighted by Gasteiger charge is 2.37. The third-order valence-electron chi connectivity index (χ3n) is 3.93. The zero-order chi connectivity index (χ0) is 14.0. The number of nitrogens with two attached hydrogens (primary N) is 1. The molecule has 2 amide bonds. The van der Waals surface area contributed by atoms with Crippen LogP contribution in [0.4, 0.5) is 4.79 Å². The largest absolute Gasteiger partial charge is 0.330 e. The molecule has 1 aromatic rings. The maximum Gasteiger partial charge on any atom is 0.320 e. The van der Waals surface area contributed by atoms with E-state index in [4.69, 9.17) is 5.73 Å². The lowest BCUT2D eigenvalue weighted by Crippen LogP contribution is -2.37. The summed E-state index contributed by atoms with van der Waals surface area (Å²) in [4.78, 5) is 16.1. The van der Waals surface area contributed by atoms with Crippen molar-refractivity contribution >= 4 is 6.03 Å². The second-order valence-electron chi connectivity index (χ2n) is 5.40. The Labute approximate surface area is 115 Å². The van der Waals surface area contributed by atoms with Crippen LogP contribution in [0.1, 0.15) is 30.5 Å². The molecular formula is C15H23N3O. The van der Waals surface area contributed by atoms with Gasteiger partial charge in [-0.3, -0.25) is 0 Å². The molecule has 0 spiro atoms. The zero-order valence-corrected chi connectivity index (χ0v) is 12.0. The van der Waals surface area contributed by atoms with Gasteiger partial charge in [0.15, 0.2) is 0 Å². The van der Waals surface area contributed by atoms with Crippen molar-refractivity contribution in [3.05, 3.63) is 35.4 Å². The highest BCUT2D eigenvalue weighted by molar-refractivity contribution is 5.77. The second kappa shape index (κ2) is 5.61. The van der Waals surface area contributed by atoms with E-state index in [1.54, 1.807) is 0 Å². The van der Waals surface area contributed by atoms with Crippen molar-refractivity contribution in [1.82, 2.24) is 9.80 Å². The molecule has 1 aliphatic rings. The number of aryl methyl sites for hydroxylation is 1. The van der Waals surface area contributed by atoms with Crippen LogP contribution in [-0.2, 0) is 0 Å². The lowest BCUT2D eigenvalue weighted by molar-refractivity contribution is 0.182. The molecule has 0 bridgehead atoms. The van der Waals surface area contributed by atoms with E-state index in [0.29, 0.717) is 6.54 Å². The van der Waals surface area contributed by atoms with Gasteiger partial charge in [0.05, 0.1) is 6.04 Å². The van der Waals surface area contributed by atoms with Gasteiger partial charge in [0.1, 0.15) is 0 Å². The van der Waals surface area contributed by atoms with Crippen molar-refractivity contribution < 1.29 is 4.79 Å². The lowest BCUT2D eigenvalue weighted by atomic mass is 10.0. The minimum atomic E-state index is 0.104. The first kappa shape index (κ1) is 13.9. The normalized spacial score (nSPS) is 21.1. The second-order valence-corrected chi connectivity index (χ2v) is 5.40. The summed E-state index contributed by atoms with van der Waals surface area (Å²) in [5, 5.41) is 0. The molecule has 2 atom stereocenters. The average molecular weight is 261 g/mol. The van der Waals surface area contributed by atoms with Crippen LogP contribution in [-0.4, -0.2) is 42.0 Å². The molecule has 1 saturated heterocycles. The van der Waals surface area contributed by atoms with Gasteiger partial charge in [-0.25, -0.2) is 4.79 Å². The maximum absolute atomic E-state index is 12.3. The van der Waals surface area contributed by atoms with E-state index in [0.717, 1.165) is 13.0 Å². The van der Waals surface area contributed by atoms with Crippen molar-refractivity contribution in [3.63, 3.8) is 0 Å². The predicted octanol–water partition coefficient (Wildman–Crippen LogP) is 2.14. The third kappa shape index (κ3) is 2.73. The van der Waals surface area contributed by atoms with Gasteiger partial charge >= 0.3 is 6.03 Å². The minimum absolute atomic E-state index is 0.104. The fourth-order valence-electron chi connectivity index (χ4n) is 2.69. The summed E-state index contributed by atoms with van der Waals surface area (Å²) < 4.78 is 0. The number of rotatable bonds is 4. The van der Waals surface area contributed by atoms with E-state index in [2.05, 4.69) is 38.1 Å². The van der Waals surface area contributed by atoms with Crippen LogP contribution in [0.25, 0.3) is 0 Å². The van der Waals surface area contributed by atoms with Crippen LogP contribution in [0, 0.1) is 6.92 Å². The fraction of sp³-hybridized carbons (Fsp3) is 0.533. The van der Waals surface area contributed by atoms with E-state index in [9.17, 15) is 4.79 Å². The van der Waals surface area contributed by atoms with Crippen LogP contribution in [0.15, 0.2) is 24.3 Å². The van der Waals surface area contributed by atoms with Crippen LogP contribution < -0.4 is 5.73 Å². The summed E-state index contributed by atoms with van der Waals surface area (Å²) in [6.45, 7) is 5.51. The monoisotopic (exact) mass is 261 g/mol. The summed E-state index contributed by atoms with van der Waals surface area (Å²) >= 11 is 0. The van der Waals surface area contributed by atoms with E-state index in [1.807, 2.05) is 16.8 Å². The van der Waals surface area contributed by atoms with Gasteiger partial charge in [0.25, 0.3) is 0 Å². The Kier molecular flexibility index (Phi) is 4.10. The zero-order valence-electron chi connectivity index (χ0n) is 12.0. The van der Waals surface area contributed by atoms with Crippen molar-refractivity contribution in [2.45, 2.75) is 32.4 Å². The van der Waals surface area contributed by atoms with Crippen LogP contribution in [0.5, 0.6) is 0 Å². The van der Waals surface area contributed by atoms with Crippen LogP contribution >= 0.6 is 0 Å².